The van der Waals surface area contributed by atoms with Gasteiger partial charge in [-0.15, -0.1) is 0 Å². The monoisotopic (exact) mass is 347 g/mol. The summed E-state index contributed by atoms with van der Waals surface area (Å²) in [6.45, 7) is 4.25. The van der Waals surface area contributed by atoms with Gasteiger partial charge in [-0.1, -0.05) is 6.92 Å². The first-order chi connectivity index (χ1) is 11.6. The van der Waals surface area contributed by atoms with Gasteiger partial charge in [-0.25, -0.2) is 4.79 Å². The van der Waals surface area contributed by atoms with Gasteiger partial charge in [0.05, 0.1) is 6.26 Å². The molecule has 0 saturated heterocycles. The fraction of sp³-hybridized carbons (Fsp3) is 0.444. The van der Waals surface area contributed by atoms with Crippen LogP contribution in [0.15, 0.2) is 22.8 Å². The summed E-state index contributed by atoms with van der Waals surface area (Å²) in [6.07, 6.45) is 2.68. The molecule has 0 fully saturated rings. The van der Waals surface area contributed by atoms with Crippen LogP contribution in [0.3, 0.4) is 0 Å². The SMILES string of the molecule is CCSCCOC(=O)c1[nH]c2c(c1C)C(=O)C[C@@H](c1ccco1)C2. The lowest BCUT2D eigenvalue weighted by molar-refractivity contribution is 0.0523. The fourth-order valence-corrected chi connectivity index (χ4v) is 3.66. The Kier molecular flexibility index (Phi) is 5.14. The predicted octanol–water partition coefficient (Wildman–Crippen LogP) is 3.74. The molecule has 2 aromatic heterocycles. The molecular weight excluding hydrogens is 326 g/mol. The third-order valence-electron chi connectivity index (χ3n) is 4.30. The Bertz CT molecular complexity index is 733. The first-order valence-corrected chi connectivity index (χ1v) is 9.30. The number of nitrogens with one attached hydrogen (secondary N) is 1. The number of Topliss-reactive ketones (excluding diaryl/α,β-unsaturated/α-hetero) is 1. The maximum Gasteiger partial charge on any atom is 0.355 e. The molecular formula is C18H21NO4S. The van der Waals surface area contributed by atoms with Crippen LogP contribution in [0.2, 0.25) is 0 Å². The van der Waals surface area contributed by atoms with E-state index in [9.17, 15) is 9.59 Å². The van der Waals surface area contributed by atoms with Crippen LogP contribution < -0.4 is 0 Å². The average Bonchev–Trinajstić information content (AvgIpc) is 3.20. The molecule has 0 amide bonds. The van der Waals surface area contributed by atoms with Crippen LogP contribution in [-0.4, -0.2) is 34.8 Å². The van der Waals surface area contributed by atoms with Gasteiger partial charge < -0.3 is 14.1 Å². The number of thioether (sulfide) groups is 1. The van der Waals surface area contributed by atoms with Crippen LogP contribution in [-0.2, 0) is 11.2 Å². The highest BCUT2D eigenvalue weighted by molar-refractivity contribution is 7.99. The van der Waals surface area contributed by atoms with E-state index >= 15 is 0 Å². The molecule has 6 heteroatoms. The summed E-state index contributed by atoms with van der Waals surface area (Å²) < 4.78 is 10.7. The highest BCUT2D eigenvalue weighted by Crippen LogP contribution is 2.35. The molecule has 128 valence electrons. The van der Waals surface area contributed by atoms with Crippen molar-refractivity contribution in [2.24, 2.45) is 0 Å². The number of esters is 1. The van der Waals surface area contributed by atoms with E-state index in [0.717, 1.165) is 23.0 Å². The number of hydrogen-bond donors (Lipinski definition) is 1. The number of fused-ring (bicyclic) bond motifs is 1. The van der Waals surface area contributed by atoms with Crippen molar-refractivity contribution in [3.8, 4) is 0 Å². The lowest BCUT2D eigenvalue weighted by atomic mass is 9.84. The molecule has 1 aliphatic rings. The third kappa shape index (κ3) is 3.29. The zero-order chi connectivity index (χ0) is 17.1. The Hall–Kier alpha value is -1.95. The van der Waals surface area contributed by atoms with Gasteiger partial charge in [0.15, 0.2) is 5.78 Å². The topological polar surface area (TPSA) is 72.3 Å². The second-order valence-electron chi connectivity index (χ2n) is 5.86. The van der Waals surface area contributed by atoms with Gasteiger partial charge in [0, 0.05) is 29.3 Å². The number of ether oxygens (including phenoxy) is 1. The van der Waals surface area contributed by atoms with Gasteiger partial charge >= 0.3 is 5.97 Å². The molecule has 0 radical (unpaired) electrons. The number of aromatic nitrogens is 1. The Labute approximate surface area is 145 Å². The number of aromatic amines is 1. The van der Waals surface area contributed by atoms with E-state index in [1.54, 1.807) is 24.9 Å². The summed E-state index contributed by atoms with van der Waals surface area (Å²) in [6, 6.07) is 3.71. The largest absolute Gasteiger partial charge is 0.469 e. The van der Waals surface area contributed by atoms with Crippen LogP contribution in [0.5, 0.6) is 0 Å². The summed E-state index contributed by atoms with van der Waals surface area (Å²) in [5, 5.41) is 0. The molecule has 2 aromatic rings. The number of H-pyrrole nitrogens is 1. The number of ketones is 1. The van der Waals surface area contributed by atoms with Crippen LogP contribution in [0, 0.1) is 6.92 Å². The quantitative estimate of drug-likeness (QED) is 0.636. The smallest absolute Gasteiger partial charge is 0.355 e. The summed E-state index contributed by atoms with van der Waals surface area (Å²) in [5.41, 5.74) is 2.55. The molecule has 24 heavy (non-hydrogen) atoms. The standard InChI is InChI=1S/C18H21NO4S/c1-3-24-8-7-23-18(21)17-11(2)16-13(19-17)9-12(10-14(16)20)15-5-4-6-22-15/h4-6,12,19H,3,7-10H2,1-2H3/t12-/m0/s1. The van der Waals surface area contributed by atoms with E-state index in [0.29, 0.717) is 36.3 Å². The summed E-state index contributed by atoms with van der Waals surface area (Å²) in [5.74, 6) is 2.26. The van der Waals surface area contributed by atoms with Gasteiger partial charge in [-0.05, 0) is 36.8 Å². The van der Waals surface area contributed by atoms with Crippen molar-refractivity contribution in [2.75, 3.05) is 18.1 Å². The Morgan fingerprint density at radius 2 is 2.29 bits per heavy atom. The number of hydrogen-bond acceptors (Lipinski definition) is 5. The summed E-state index contributed by atoms with van der Waals surface area (Å²) >= 11 is 1.72. The zero-order valence-electron chi connectivity index (χ0n) is 13.9. The van der Waals surface area contributed by atoms with E-state index in [2.05, 4.69) is 11.9 Å². The predicted molar refractivity (Wildman–Crippen MR) is 92.9 cm³/mol. The van der Waals surface area contributed by atoms with E-state index < -0.39 is 0 Å². The third-order valence-corrected chi connectivity index (χ3v) is 5.17. The molecule has 0 saturated carbocycles. The normalized spacial score (nSPS) is 16.9. The van der Waals surface area contributed by atoms with Crippen molar-refractivity contribution in [3.05, 3.63) is 46.7 Å². The van der Waals surface area contributed by atoms with Crippen molar-refractivity contribution < 1.29 is 18.7 Å². The molecule has 0 unspecified atom stereocenters. The molecule has 5 nitrogen and oxygen atoms in total. The lowest BCUT2D eigenvalue weighted by Gasteiger charge is -2.19. The van der Waals surface area contributed by atoms with Crippen molar-refractivity contribution in [1.82, 2.24) is 4.98 Å². The van der Waals surface area contributed by atoms with Crippen LogP contribution in [0.25, 0.3) is 0 Å². The van der Waals surface area contributed by atoms with E-state index in [1.807, 2.05) is 12.1 Å². The van der Waals surface area contributed by atoms with E-state index in [4.69, 9.17) is 9.15 Å². The van der Waals surface area contributed by atoms with Gasteiger partial charge in [-0.3, -0.25) is 4.79 Å². The molecule has 1 N–H and O–H groups in total. The number of carbonyl (C=O) groups is 2. The van der Waals surface area contributed by atoms with Crippen LogP contribution >= 0.6 is 11.8 Å². The minimum absolute atomic E-state index is 0.0166. The van der Waals surface area contributed by atoms with Gasteiger partial charge in [0.1, 0.15) is 18.1 Å². The second kappa shape index (κ2) is 7.30. The molecule has 0 aliphatic heterocycles. The van der Waals surface area contributed by atoms with Crippen molar-refractivity contribution in [1.29, 1.82) is 0 Å². The Morgan fingerprint density at radius 3 is 3.00 bits per heavy atom. The van der Waals surface area contributed by atoms with Crippen LogP contribution in [0.1, 0.15) is 57.1 Å². The number of rotatable bonds is 6. The van der Waals surface area contributed by atoms with Crippen molar-refractivity contribution >= 4 is 23.5 Å². The first-order valence-electron chi connectivity index (χ1n) is 8.14. The maximum absolute atomic E-state index is 12.5. The molecule has 1 aliphatic carbocycles. The molecule has 1 atom stereocenters. The molecule has 0 aromatic carbocycles. The maximum atomic E-state index is 12.5. The highest BCUT2D eigenvalue weighted by atomic mass is 32.2. The number of carbonyl (C=O) groups excluding carboxylic acids is 2. The Balaban J connectivity index is 1.77. The zero-order valence-corrected chi connectivity index (χ0v) is 14.7. The minimum atomic E-state index is -0.388. The number of furan rings is 1. The summed E-state index contributed by atoms with van der Waals surface area (Å²) in [7, 11) is 0. The molecule has 2 heterocycles. The van der Waals surface area contributed by atoms with Crippen LogP contribution in [0.4, 0.5) is 0 Å². The molecule has 0 bridgehead atoms. The van der Waals surface area contributed by atoms with E-state index in [1.165, 1.54) is 0 Å². The second-order valence-corrected chi connectivity index (χ2v) is 7.25. The highest BCUT2D eigenvalue weighted by Gasteiger charge is 2.33. The van der Waals surface area contributed by atoms with Crippen molar-refractivity contribution in [3.63, 3.8) is 0 Å². The van der Waals surface area contributed by atoms with Gasteiger partial charge in [-0.2, -0.15) is 11.8 Å². The van der Waals surface area contributed by atoms with Gasteiger partial charge in [0.25, 0.3) is 0 Å². The molecule has 3 rings (SSSR count). The first kappa shape index (κ1) is 16.9. The summed E-state index contributed by atoms with van der Waals surface area (Å²) in [4.78, 5) is 27.9. The van der Waals surface area contributed by atoms with Gasteiger partial charge in [0.2, 0.25) is 0 Å². The Morgan fingerprint density at radius 1 is 1.46 bits per heavy atom. The average molecular weight is 347 g/mol. The van der Waals surface area contributed by atoms with E-state index in [-0.39, 0.29) is 17.7 Å². The lowest BCUT2D eigenvalue weighted by Crippen LogP contribution is -2.18. The molecule has 0 spiro atoms. The minimum Gasteiger partial charge on any atom is -0.469 e. The van der Waals surface area contributed by atoms with Crippen molar-refractivity contribution in [2.45, 2.75) is 32.6 Å². The fourth-order valence-electron chi connectivity index (χ4n) is 3.17.